The number of halogens is 3. The second kappa shape index (κ2) is 10.5. The molecule has 2 heterocycles. The van der Waals surface area contributed by atoms with Crippen molar-refractivity contribution in [1.82, 2.24) is 14.9 Å². The van der Waals surface area contributed by atoms with E-state index >= 15 is 0 Å². The molecule has 1 aliphatic heterocycles. The second-order valence-electron chi connectivity index (χ2n) is 6.05. The summed E-state index contributed by atoms with van der Waals surface area (Å²) >= 11 is 5.88. The van der Waals surface area contributed by atoms with E-state index in [0.717, 1.165) is 5.56 Å². The van der Waals surface area contributed by atoms with Gasteiger partial charge in [0, 0.05) is 31.2 Å². The van der Waals surface area contributed by atoms with Gasteiger partial charge in [0.25, 0.3) is 0 Å². The number of carbonyl (C=O) groups excluding carboxylic acids is 1. The largest absolute Gasteiger partial charge is 0.394 e. The van der Waals surface area contributed by atoms with Gasteiger partial charge in [-0.2, -0.15) is 0 Å². The number of aromatic nitrogens is 2. The molecular weight excluding hydrogens is 411 g/mol. The predicted molar refractivity (Wildman–Crippen MR) is 113 cm³/mol. The molecule has 148 valence electrons. The zero-order valence-electron chi connectivity index (χ0n) is 14.6. The van der Waals surface area contributed by atoms with E-state index in [-0.39, 0.29) is 30.7 Å². The van der Waals surface area contributed by atoms with Crippen LogP contribution in [0.25, 0.3) is 0 Å². The topological polar surface area (TPSA) is 101 Å². The van der Waals surface area contributed by atoms with E-state index in [4.69, 9.17) is 23.1 Å². The molecule has 1 fully saturated rings. The van der Waals surface area contributed by atoms with Gasteiger partial charge in [-0.25, -0.2) is 9.97 Å². The van der Waals surface area contributed by atoms with Crippen LogP contribution in [0.2, 0.25) is 5.02 Å². The molecule has 0 aliphatic carbocycles. The molecule has 1 aromatic heterocycles. The summed E-state index contributed by atoms with van der Waals surface area (Å²) in [5, 5.41) is 0.670. The number of piperazine rings is 1. The summed E-state index contributed by atoms with van der Waals surface area (Å²) in [5.41, 5.74) is 13.6. The molecule has 2 aromatic rings. The molecule has 0 bridgehead atoms. The molecule has 1 aliphatic rings. The van der Waals surface area contributed by atoms with Crippen molar-refractivity contribution < 1.29 is 4.79 Å². The first kappa shape index (κ1) is 23.2. The van der Waals surface area contributed by atoms with Crippen LogP contribution in [0.15, 0.2) is 36.8 Å². The Kier molecular flexibility index (Phi) is 9.05. The fourth-order valence-corrected chi connectivity index (χ4v) is 3.06. The maximum atomic E-state index is 12.6. The first-order valence-electron chi connectivity index (χ1n) is 8.14. The van der Waals surface area contributed by atoms with Gasteiger partial charge in [-0.05, 0) is 24.1 Å². The highest BCUT2D eigenvalue weighted by molar-refractivity contribution is 6.30. The number of amides is 1. The van der Waals surface area contributed by atoms with Gasteiger partial charge in [0.2, 0.25) is 5.91 Å². The number of rotatable bonds is 4. The minimum atomic E-state index is -0.558. The highest BCUT2D eigenvalue weighted by Gasteiger charge is 2.26. The van der Waals surface area contributed by atoms with Crippen molar-refractivity contribution in [2.24, 2.45) is 5.73 Å². The highest BCUT2D eigenvalue weighted by atomic mass is 35.5. The number of carbonyl (C=O) groups is 1. The third-order valence-corrected chi connectivity index (χ3v) is 4.55. The summed E-state index contributed by atoms with van der Waals surface area (Å²) in [6.07, 6.45) is 3.56. The SMILES string of the molecule is Cl.Cl.Nc1cncnc1N1CCN(C(=O)C(N)Cc2ccc(Cl)cc2)CC1. The zero-order chi connectivity index (χ0) is 17.8. The minimum Gasteiger partial charge on any atom is -0.394 e. The van der Waals surface area contributed by atoms with E-state index in [9.17, 15) is 4.79 Å². The fraction of sp³-hybridized carbons (Fsp3) is 0.353. The van der Waals surface area contributed by atoms with Crippen LogP contribution in [0.5, 0.6) is 0 Å². The molecule has 1 saturated heterocycles. The van der Waals surface area contributed by atoms with Gasteiger partial charge in [0.15, 0.2) is 5.82 Å². The summed E-state index contributed by atoms with van der Waals surface area (Å²) in [6, 6.07) is 6.84. The molecule has 4 N–H and O–H groups in total. The Hall–Kier alpha value is -1.80. The first-order chi connectivity index (χ1) is 12.0. The van der Waals surface area contributed by atoms with Crippen molar-refractivity contribution in [2.45, 2.75) is 12.5 Å². The molecule has 0 saturated carbocycles. The average Bonchev–Trinajstić information content (AvgIpc) is 2.63. The van der Waals surface area contributed by atoms with Crippen LogP contribution >= 0.6 is 36.4 Å². The van der Waals surface area contributed by atoms with E-state index in [0.29, 0.717) is 49.1 Å². The second-order valence-corrected chi connectivity index (χ2v) is 6.49. The molecule has 1 aromatic carbocycles. The van der Waals surface area contributed by atoms with Crippen LogP contribution in [0.3, 0.4) is 0 Å². The normalized spacial score (nSPS) is 14.7. The molecule has 27 heavy (non-hydrogen) atoms. The van der Waals surface area contributed by atoms with E-state index in [2.05, 4.69) is 14.9 Å². The van der Waals surface area contributed by atoms with Gasteiger partial charge in [-0.1, -0.05) is 23.7 Å². The Morgan fingerprint density at radius 1 is 1.15 bits per heavy atom. The maximum Gasteiger partial charge on any atom is 0.239 e. The molecule has 7 nitrogen and oxygen atoms in total. The molecule has 1 unspecified atom stereocenters. The molecule has 1 atom stereocenters. The molecule has 3 rings (SSSR count). The van der Waals surface area contributed by atoms with E-state index in [1.54, 1.807) is 23.2 Å². The van der Waals surface area contributed by atoms with Crippen molar-refractivity contribution in [3.63, 3.8) is 0 Å². The third kappa shape index (κ3) is 5.84. The van der Waals surface area contributed by atoms with E-state index in [1.807, 2.05) is 12.1 Å². The molecule has 0 spiro atoms. The molecule has 1 amide bonds. The average molecular weight is 434 g/mol. The summed E-state index contributed by atoms with van der Waals surface area (Å²) in [4.78, 5) is 24.6. The van der Waals surface area contributed by atoms with Crippen molar-refractivity contribution in [3.05, 3.63) is 47.4 Å². The van der Waals surface area contributed by atoms with Gasteiger partial charge in [0.1, 0.15) is 6.33 Å². The number of nitrogen functional groups attached to an aromatic ring is 1. The lowest BCUT2D eigenvalue weighted by atomic mass is 10.1. The van der Waals surface area contributed by atoms with Gasteiger partial charge < -0.3 is 21.3 Å². The lowest BCUT2D eigenvalue weighted by molar-refractivity contribution is -0.132. The third-order valence-electron chi connectivity index (χ3n) is 4.30. The number of hydrogen-bond acceptors (Lipinski definition) is 6. The monoisotopic (exact) mass is 432 g/mol. The molecular formula is C17H23Cl3N6O. The van der Waals surface area contributed by atoms with E-state index < -0.39 is 6.04 Å². The van der Waals surface area contributed by atoms with Crippen LogP contribution in [0.4, 0.5) is 11.5 Å². The minimum absolute atomic E-state index is 0. The Bertz CT molecular complexity index is 738. The summed E-state index contributed by atoms with van der Waals surface area (Å²) < 4.78 is 0. The number of benzene rings is 1. The quantitative estimate of drug-likeness (QED) is 0.762. The van der Waals surface area contributed by atoms with Gasteiger partial charge in [-0.15, -0.1) is 24.8 Å². The Morgan fingerprint density at radius 2 is 1.78 bits per heavy atom. The van der Waals surface area contributed by atoms with Crippen LogP contribution in [-0.2, 0) is 11.2 Å². The van der Waals surface area contributed by atoms with Crippen molar-refractivity contribution >= 4 is 53.8 Å². The number of hydrogen-bond donors (Lipinski definition) is 2. The van der Waals surface area contributed by atoms with Crippen LogP contribution in [-0.4, -0.2) is 53.0 Å². The molecule has 10 heteroatoms. The van der Waals surface area contributed by atoms with Crippen molar-refractivity contribution in [1.29, 1.82) is 0 Å². The zero-order valence-corrected chi connectivity index (χ0v) is 17.0. The molecule has 0 radical (unpaired) electrons. The number of anilines is 2. The lowest BCUT2D eigenvalue weighted by Crippen LogP contribution is -2.54. The lowest BCUT2D eigenvalue weighted by Gasteiger charge is -2.36. The van der Waals surface area contributed by atoms with E-state index in [1.165, 1.54) is 6.33 Å². The summed E-state index contributed by atoms with van der Waals surface area (Å²) in [7, 11) is 0. The highest BCUT2D eigenvalue weighted by Crippen LogP contribution is 2.20. The predicted octanol–water partition coefficient (Wildman–Crippen LogP) is 1.77. The van der Waals surface area contributed by atoms with Gasteiger partial charge >= 0.3 is 0 Å². The standard InChI is InChI=1S/C17H21ClN6O.2ClH/c18-13-3-1-12(2-4-13)9-14(19)17(25)24-7-5-23(6-8-24)16-15(20)10-21-11-22-16;;/h1-4,10-11,14H,5-9,19-20H2;2*1H. The fourth-order valence-electron chi connectivity index (χ4n) is 2.93. The number of nitrogens with two attached hydrogens (primary N) is 2. The Labute approximate surface area is 175 Å². The van der Waals surface area contributed by atoms with Crippen molar-refractivity contribution in [3.8, 4) is 0 Å². The van der Waals surface area contributed by atoms with Gasteiger partial charge in [-0.3, -0.25) is 4.79 Å². The summed E-state index contributed by atoms with van der Waals surface area (Å²) in [6.45, 7) is 2.52. The Balaban J connectivity index is 0.00000182. The first-order valence-corrected chi connectivity index (χ1v) is 8.51. The Morgan fingerprint density at radius 3 is 2.37 bits per heavy atom. The van der Waals surface area contributed by atoms with Crippen molar-refractivity contribution in [2.75, 3.05) is 36.8 Å². The van der Waals surface area contributed by atoms with Crippen LogP contribution < -0.4 is 16.4 Å². The van der Waals surface area contributed by atoms with Crippen LogP contribution in [0, 0.1) is 0 Å². The maximum absolute atomic E-state index is 12.6. The summed E-state index contributed by atoms with van der Waals surface area (Å²) in [5.74, 6) is 0.679. The van der Waals surface area contributed by atoms with Crippen LogP contribution in [0.1, 0.15) is 5.56 Å². The van der Waals surface area contributed by atoms with Gasteiger partial charge in [0.05, 0.1) is 17.9 Å². The number of nitrogens with zero attached hydrogens (tertiary/aromatic N) is 4. The smallest absolute Gasteiger partial charge is 0.239 e.